The molecule has 0 aliphatic heterocycles. The van der Waals surface area contributed by atoms with Gasteiger partial charge in [-0.25, -0.2) is 13.6 Å². The van der Waals surface area contributed by atoms with Crippen molar-refractivity contribution >= 4 is 33.0 Å². The second kappa shape index (κ2) is 8.45. The zero-order chi connectivity index (χ0) is 21.8. The summed E-state index contributed by atoms with van der Waals surface area (Å²) in [7, 11) is -3.90. The Labute approximate surface area is 164 Å². The van der Waals surface area contributed by atoms with Crippen LogP contribution in [0.4, 0.5) is 17.1 Å². The molecule has 0 unspecified atom stereocenters. The molecule has 0 atom stereocenters. The van der Waals surface area contributed by atoms with E-state index in [0.29, 0.717) is 0 Å². The molecule has 152 valence electrons. The lowest BCUT2D eigenvalue weighted by molar-refractivity contribution is -0.384. The minimum absolute atomic E-state index is 0.162. The average molecular weight is 421 g/mol. The molecule has 0 saturated carbocycles. The van der Waals surface area contributed by atoms with Crippen LogP contribution in [0.3, 0.4) is 0 Å². The number of amides is 1. The minimum atomic E-state index is -3.90. The average Bonchev–Trinajstić information content (AvgIpc) is 2.62. The van der Waals surface area contributed by atoms with Gasteiger partial charge in [-0.2, -0.15) is 0 Å². The molecule has 0 bridgehead atoms. The number of nitro benzene ring substituents is 1. The van der Waals surface area contributed by atoms with Gasteiger partial charge in [-0.3, -0.25) is 14.9 Å². The molecule has 29 heavy (non-hydrogen) atoms. The Kier molecular flexibility index (Phi) is 6.25. The van der Waals surface area contributed by atoms with E-state index in [9.17, 15) is 33.5 Å². The molecule has 0 spiro atoms. The van der Waals surface area contributed by atoms with Gasteiger partial charge < -0.3 is 15.5 Å². The molecule has 13 heteroatoms. The summed E-state index contributed by atoms with van der Waals surface area (Å²) in [5.74, 6) is -1.84. The molecule has 0 radical (unpaired) electrons. The molecule has 2 rings (SSSR count). The number of phenolic OH excluding ortho intramolecular Hbond substituents is 1. The van der Waals surface area contributed by atoms with E-state index in [4.69, 9.17) is 5.14 Å². The molecule has 0 aliphatic carbocycles. The summed E-state index contributed by atoms with van der Waals surface area (Å²) >= 11 is 0. The van der Waals surface area contributed by atoms with Crippen molar-refractivity contribution in [3.63, 3.8) is 0 Å². The van der Waals surface area contributed by atoms with Crippen molar-refractivity contribution < 1.29 is 28.3 Å². The first-order valence-corrected chi connectivity index (χ1v) is 9.27. The number of azo groups is 1. The molecule has 0 fully saturated rings. The number of aliphatic hydroxyl groups is 1. The lowest BCUT2D eigenvalue weighted by Crippen LogP contribution is -2.15. The number of phenols is 1. The Bertz CT molecular complexity index is 1120. The van der Waals surface area contributed by atoms with E-state index in [0.717, 1.165) is 25.1 Å². The highest BCUT2D eigenvalue weighted by Crippen LogP contribution is 2.31. The first-order chi connectivity index (χ1) is 13.5. The molecule has 2 aromatic rings. The van der Waals surface area contributed by atoms with Crippen molar-refractivity contribution in [2.45, 2.75) is 11.8 Å². The minimum Gasteiger partial charge on any atom is -0.510 e. The maximum absolute atomic E-state index is 12.3. The Balaban J connectivity index is 2.25. The number of hydrogen-bond acceptors (Lipinski definition) is 9. The second-order valence-electron chi connectivity index (χ2n) is 5.59. The van der Waals surface area contributed by atoms with E-state index in [1.165, 1.54) is 24.3 Å². The Morgan fingerprint density at radius 1 is 1.21 bits per heavy atom. The van der Waals surface area contributed by atoms with Crippen LogP contribution in [0, 0.1) is 10.1 Å². The van der Waals surface area contributed by atoms with Crippen molar-refractivity contribution in [2.75, 3.05) is 5.32 Å². The number of allylic oxidation sites excluding steroid dienone is 1. The number of sulfonamides is 1. The molecule has 0 aliphatic rings. The first-order valence-electron chi connectivity index (χ1n) is 7.72. The molecule has 0 saturated heterocycles. The number of nitro groups is 1. The van der Waals surface area contributed by atoms with Gasteiger partial charge in [-0.05, 0) is 37.3 Å². The van der Waals surface area contributed by atoms with E-state index < -0.39 is 38.1 Å². The fraction of sp³-hybridized carbons (Fsp3) is 0.0625. The van der Waals surface area contributed by atoms with Gasteiger partial charge >= 0.3 is 0 Å². The van der Waals surface area contributed by atoms with Gasteiger partial charge in [0.1, 0.15) is 17.2 Å². The smallest absolute Gasteiger partial charge is 0.279 e. The van der Waals surface area contributed by atoms with E-state index in [1.54, 1.807) is 0 Å². The fourth-order valence-electron chi connectivity index (χ4n) is 2.01. The quantitative estimate of drug-likeness (QED) is 0.180. The maximum Gasteiger partial charge on any atom is 0.279 e. The van der Waals surface area contributed by atoms with Gasteiger partial charge in [0.2, 0.25) is 10.0 Å². The Hall–Kier alpha value is -3.84. The molecule has 0 heterocycles. The van der Waals surface area contributed by atoms with Crippen molar-refractivity contribution in [1.82, 2.24) is 0 Å². The van der Waals surface area contributed by atoms with Gasteiger partial charge in [0, 0.05) is 17.8 Å². The third kappa shape index (κ3) is 5.57. The van der Waals surface area contributed by atoms with Crippen molar-refractivity contribution in [3.8, 4) is 5.75 Å². The summed E-state index contributed by atoms with van der Waals surface area (Å²) in [6.07, 6.45) is 0. The highest BCUT2D eigenvalue weighted by atomic mass is 32.2. The van der Waals surface area contributed by atoms with Crippen molar-refractivity contribution in [2.24, 2.45) is 15.4 Å². The fourth-order valence-corrected chi connectivity index (χ4v) is 2.53. The molecular formula is C16H15N5O7S. The van der Waals surface area contributed by atoms with Crippen LogP contribution in [0.5, 0.6) is 5.75 Å². The summed E-state index contributed by atoms with van der Waals surface area (Å²) in [5, 5.41) is 44.7. The lowest BCUT2D eigenvalue weighted by atomic mass is 10.2. The number of rotatable bonds is 6. The molecule has 2 aromatic carbocycles. The molecule has 12 nitrogen and oxygen atoms in total. The van der Waals surface area contributed by atoms with Crippen LogP contribution in [-0.2, 0) is 14.8 Å². The third-order valence-corrected chi connectivity index (χ3v) is 4.36. The van der Waals surface area contributed by atoms with Crippen LogP contribution in [0.1, 0.15) is 6.92 Å². The number of carbonyl (C=O) groups is 1. The number of non-ortho nitro benzene ring substituents is 1. The highest BCUT2D eigenvalue weighted by molar-refractivity contribution is 7.89. The Morgan fingerprint density at radius 2 is 1.83 bits per heavy atom. The number of hydrogen-bond donors (Lipinski definition) is 4. The van der Waals surface area contributed by atoms with Crippen LogP contribution in [0.15, 0.2) is 69.0 Å². The number of benzene rings is 2. The van der Waals surface area contributed by atoms with Crippen LogP contribution in [0.2, 0.25) is 0 Å². The topological polar surface area (TPSA) is 198 Å². The van der Waals surface area contributed by atoms with Crippen LogP contribution < -0.4 is 10.5 Å². The lowest BCUT2D eigenvalue weighted by Gasteiger charge is -2.07. The molecular weight excluding hydrogens is 406 g/mol. The molecule has 1 amide bonds. The predicted octanol–water partition coefficient (Wildman–Crippen LogP) is 2.46. The summed E-state index contributed by atoms with van der Waals surface area (Å²) in [5.41, 5.74) is -1.01. The molecule has 0 aromatic heterocycles. The first kappa shape index (κ1) is 21.5. The largest absolute Gasteiger partial charge is 0.510 e. The van der Waals surface area contributed by atoms with Crippen LogP contribution >= 0.6 is 0 Å². The van der Waals surface area contributed by atoms with Gasteiger partial charge in [0.25, 0.3) is 11.6 Å². The van der Waals surface area contributed by atoms with Crippen LogP contribution in [-0.4, -0.2) is 29.5 Å². The summed E-state index contributed by atoms with van der Waals surface area (Å²) < 4.78 is 22.5. The van der Waals surface area contributed by atoms with Gasteiger partial charge in [-0.15, -0.1) is 10.2 Å². The summed E-state index contributed by atoms with van der Waals surface area (Å²) in [6, 6.07) is 7.91. The number of nitrogens with zero attached hydrogens (tertiary/aromatic N) is 3. The monoisotopic (exact) mass is 421 g/mol. The number of anilines is 1. The van der Waals surface area contributed by atoms with E-state index in [1.807, 2.05) is 0 Å². The number of carbonyl (C=O) groups excluding carboxylic acids is 1. The zero-order valence-electron chi connectivity index (χ0n) is 14.8. The number of aromatic hydroxyl groups is 1. The third-order valence-electron chi connectivity index (χ3n) is 3.43. The van der Waals surface area contributed by atoms with Gasteiger partial charge in [-0.1, -0.05) is 0 Å². The zero-order valence-corrected chi connectivity index (χ0v) is 15.6. The van der Waals surface area contributed by atoms with E-state index >= 15 is 0 Å². The number of nitrogens with one attached hydrogen (secondary N) is 1. The standard InChI is InChI=1S/C16H15N5O7S/c1-9(22)15(20-19-13-8-11(21(25)26)4-7-14(13)23)16(24)18-10-2-5-12(6-3-10)29(17,27)28/h2-8,22-23H,1H3,(H,18,24)(H2,17,27,28). The van der Waals surface area contributed by atoms with Crippen LogP contribution in [0.25, 0.3) is 0 Å². The van der Waals surface area contributed by atoms with Crippen molar-refractivity contribution in [1.29, 1.82) is 0 Å². The predicted molar refractivity (Wildman–Crippen MR) is 101 cm³/mol. The van der Waals surface area contributed by atoms with E-state index in [-0.39, 0.29) is 22.0 Å². The summed E-state index contributed by atoms with van der Waals surface area (Å²) in [4.78, 5) is 22.3. The molecule has 5 N–H and O–H groups in total. The van der Waals surface area contributed by atoms with Gasteiger partial charge in [0.05, 0.1) is 9.82 Å². The maximum atomic E-state index is 12.3. The second-order valence-corrected chi connectivity index (χ2v) is 7.15. The normalized spacial score (nSPS) is 12.5. The van der Waals surface area contributed by atoms with Crippen molar-refractivity contribution in [3.05, 3.63) is 64.0 Å². The Morgan fingerprint density at radius 3 is 2.34 bits per heavy atom. The number of primary sulfonamides is 1. The highest BCUT2D eigenvalue weighted by Gasteiger charge is 2.16. The number of nitrogens with two attached hydrogens (primary N) is 1. The summed E-state index contributed by atoms with van der Waals surface area (Å²) in [6.45, 7) is 1.16. The number of aliphatic hydroxyl groups excluding tert-OH is 1. The SMILES string of the molecule is CC(O)=C(N=Nc1cc([N+](=O)[O-])ccc1O)C(=O)Nc1ccc(S(N)(=O)=O)cc1. The van der Waals surface area contributed by atoms with Gasteiger partial charge in [0.15, 0.2) is 5.70 Å². The van der Waals surface area contributed by atoms with E-state index in [2.05, 4.69) is 15.5 Å².